The quantitative estimate of drug-likeness (QED) is 0.00926. The summed E-state index contributed by atoms with van der Waals surface area (Å²) < 4.78 is 32.0. The summed E-state index contributed by atoms with van der Waals surface area (Å²) in [5.74, 6) is -2.30. The maximum Gasteiger partial charge on any atom is 0.519 e. The van der Waals surface area contributed by atoms with Gasteiger partial charge >= 0.3 is 24.2 Å². The fraction of sp³-hybridized carbons (Fsp3) is 0.190. The number of para-hydroxylation sites is 2. The maximum absolute atomic E-state index is 12.8. The van der Waals surface area contributed by atoms with Gasteiger partial charge in [-0.1, -0.05) is 90.1 Å². The smallest absolute Gasteiger partial charge is 0.462 e. The van der Waals surface area contributed by atoms with Crippen LogP contribution in [-0.2, 0) is 33.7 Å². The van der Waals surface area contributed by atoms with Crippen LogP contribution in [0.4, 0.5) is 9.59 Å². The molecule has 2 aromatic heterocycles. The molecule has 6 rings (SSSR count). The first-order valence-electron chi connectivity index (χ1n) is 20.8. The van der Waals surface area contributed by atoms with Crippen molar-refractivity contribution in [2.24, 2.45) is 5.41 Å². The number of carbonyl (C=O) groups excluding carboxylic acids is 4. The Kier molecular flexibility index (Phi) is 22.4. The first-order valence-corrected chi connectivity index (χ1v) is 26.0. The van der Waals surface area contributed by atoms with Crippen LogP contribution in [0.25, 0.3) is 20.9 Å². The number of ether oxygens (including phenoxy) is 6. The van der Waals surface area contributed by atoms with Crippen molar-refractivity contribution in [2.75, 3.05) is 33.0 Å². The van der Waals surface area contributed by atoms with Gasteiger partial charge in [0.15, 0.2) is 0 Å². The van der Waals surface area contributed by atoms with Gasteiger partial charge in [-0.3, -0.25) is 9.68 Å². The van der Waals surface area contributed by atoms with Crippen molar-refractivity contribution in [1.29, 1.82) is 0 Å². The van der Waals surface area contributed by atoms with E-state index in [1.165, 1.54) is 89.9 Å². The zero-order valence-electron chi connectivity index (χ0n) is 38.6. The minimum absolute atomic E-state index is 0.162. The van der Waals surface area contributed by atoms with Gasteiger partial charge in [0.1, 0.15) is 68.2 Å². The summed E-state index contributed by atoms with van der Waals surface area (Å²) in [6.07, 6.45) is -4.90. The number of rotatable bonds is 26. The second-order valence-corrected chi connectivity index (χ2v) is 20.3. The van der Waals surface area contributed by atoms with E-state index in [0.29, 0.717) is 0 Å². The van der Waals surface area contributed by atoms with Crippen molar-refractivity contribution in [3.8, 4) is 43.9 Å². The average Bonchev–Trinajstić information content (AvgIpc) is 4.04. The molecule has 36 heteroatoms. The van der Waals surface area contributed by atoms with Crippen LogP contribution in [0.15, 0.2) is 109 Å². The lowest BCUT2D eigenvalue weighted by Crippen LogP contribution is -2.40. The normalized spacial score (nSPS) is 10.5. The molecule has 0 spiro atoms. The molecule has 0 bridgehead atoms. The maximum atomic E-state index is 12.8. The Bertz CT molecular complexity index is 3180. The molecule has 0 aliphatic rings. The fourth-order valence-electron chi connectivity index (χ4n) is 5.82. The molecular weight excluding hydrogens is 1170 g/mol. The number of benzene rings is 4. The molecular formula is C42H31N5O25S6. The zero-order chi connectivity index (χ0) is 56.8. The Morgan fingerprint density at radius 2 is 0.885 bits per heavy atom. The lowest BCUT2D eigenvalue weighted by Gasteiger charge is -2.30. The van der Waals surface area contributed by atoms with E-state index in [1.807, 2.05) is 12.1 Å². The number of nitrogens with zero attached hydrogens (tertiary/aromatic N) is 5. The molecule has 0 aliphatic carbocycles. The second-order valence-electron chi connectivity index (χ2n) is 14.5. The SMILES string of the molecule is O=C(Oc1ccc(-c2cc(=S)ss2)cc1)Oc1ccccc1C(=O)OCC(O[N+](=O)[O-])O[N+](=O)[O-].O=C(Oc1ccc(-c2cc(=S)ss2)cc1)Oc1ccccc1C(=O)OCCC(CO[N+](=O)[O-])(CO[N+](=O)[O-])CO[N+](=O)[O-]. The Balaban J connectivity index is 0.000000293. The summed E-state index contributed by atoms with van der Waals surface area (Å²) in [7, 11) is 5.95. The molecule has 2 heterocycles. The first-order chi connectivity index (χ1) is 37.2. The standard InChI is InChI=1S/C23H19N3O14S3.C19H12N2O11S3/c27-21(35-10-9-23(12-36-24(29)30,13-37-25(31)32)14-38-26(33)34)17-3-1-2-4-18(17)40-22(28)39-16-7-5-15(6-8-16)19-11-20(41)43-42-19;22-18(28-10-16(31-20(24)25)32-21(26)27)13-3-1-2-4-14(13)30-19(23)29-12-7-5-11(6-8-12)15-9-17(33)35-34-15/h1-8,11H,9-10,12-14H2;1-9,16H,10H2. The van der Waals surface area contributed by atoms with Gasteiger partial charge in [-0.25, -0.2) is 19.2 Å². The second kappa shape index (κ2) is 29.3. The van der Waals surface area contributed by atoms with Gasteiger partial charge in [0.25, 0.3) is 31.7 Å². The van der Waals surface area contributed by atoms with Gasteiger partial charge in [0.05, 0.1) is 6.61 Å². The van der Waals surface area contributed by atoms with Crippen LogP contribution in [0, 0.1) is 63.6 Å². The van der Waals surface area contributed by atoms with Gasteiger partial charge in [0.2, 0.25) is 0 Å². The Morgan fingerprint density at radius 1 is 0.500 bits per heavy atom. The summed E-state index contributed by atoms with van der Waals surface area (Å²) in [5.41, 5.74) is -0.574. The summed E-state index contributed by atoms with van der Waals surface area (Å²) >= 11 is 10.2. The molecule has 410 valence electrons. The van der Waals surface area contributed by atoms with E-state index in [9.17, 15) is 69.7 Å². The van der Waals surface area contributed by atoms with Crippen molar-refractivity contribution >= 4 is 90.0 Å². The van der Waals surface area contributed by atoms with Gasteiger partial charge in [-0.15, -0.1) is 50.6 Å². The molecule has 0 fully saturated rings. The number of hydrogen-bond donors (Lipinski definition) is 0. The highest BCUT2D eigenvalue weighted by atomic mass is 32.9. The van der Waals surface area contributed by atoms with Gasteiger partial charge in [-0.2, -0.15) is 0 Å². The van der Waals surface area contributed by atoms with Crippen molar-refractivity contribution in [1.82, 2.24) is 0 Å². The van der Waals surface area contributed by atoms with E-state index >= 15 is 0 Å². The highest BCUT2D eigenvalue weighted by Crippen LogP contribution is 2.33. The molecule has 4 aromatic carbocycles. The highest BCUT2D eigenvalue weighted by molar-refractivity contribution is 7.80. The summed E-state index contributed by atoms with van der Waals surface area (Å²) in [6, 6.07) is 27.7. The van der Waals surface area contributed by atoms with E-state index in [2.05, 4.69) is 24.2 Å². The Morgan fingerprint density at radius 3 is 1.24 bits per heavy atom. The summed E-state index contributed by atoms with van der Waals surface area (Å²) in [4.78, 5) is 125. The molecule has 0 aliphatic heterocycles. The number of hydrogen-bond acceptors (Lipinski definition) is 31. The molecule has 6 aromatic rings. The largest absolute Gasteiger partial charge is 0.519 e. The van der Waals surface area contributed by atoms with Crippen molar-refractivity contribution in [3.63, 3.8) is 0 Å². The van der Waals surface area contributed by atoms with Crippen LogP contribution in [0.1, 0.15) is 27.1 Å². The lowest BCUT2D eigenvalue weighted by molar-refractivity contribution is -0.851. The molecule has 30 nitrogen and oxygen atoms in total. The molecule has 78 heavy (non-hydrogen) atoms. The van der Waals surface area contributed by atoms with Crippen LogP contribution < -0.4 is 18.9 Å². The molecule has 0 saturated carbocycles. The van der Waals surface area contributed by atoms with Crippen molar-refractivity contribution < 1.29 is 97.2 Å². The van der Waals surface area contributed by atoms with Gasteiger partial charge in [0, 0.05) is 15.2 Å². The Hall–Kier alpha value is -9.10. The zero-order valence-corrected chi connectivity index (χ0v) is 43.5. The van der Waals surface area contributed by atoms with Gasteiger partial charge in [-0.05, 0) is 102 Å². The van der Waals surface area contributed by atoms with E-state index in [4.69, 9.17) is 52.9 Å². The topological polar surface area (TPSA) is 386 Å². The van der Waals surface area contributed by atoms with Crippen LogP contribution in [0.2, 0.25) is 0 Å². The highest BCUT2D eigenvalue weighted by Gasteiger charge is 2.36. The first kappa shape index (κ1) is 59.8. The van der Waals surface area contributed by atoms with Crippen molar-refractivity contribution in [2.45, 2.75) is 12.7 Å². The van der Waals surface area contributed by atoms with E-state index in [-0.39, 0.29) is 34.1 Å². The third kappa shape index (κ3) is 19.9. The number of esters is 2. The third-order valence-corrected chi connectivity index (χ3v) is 15.1. The molecule has 0 amide bonds. The number of carbonyl (C=O) groups is 4. The molecule has 0 radical (unpaired) electrons. The van der Waals surface area contributed by atoms with Gasteiger partial charge < -0.3 is 42.9 Å². The molecule has 0 N–H and O–H groups in total. The predicted octanol–water partition coefficient (Wildman–Crippen LogP) is 9.63. The molecule has 0 unspecified atom stereocenters. The Labute approximate surface area is 458 Å². The van der Waals surface area contributed by atoms with Crippen LogP contribution in [-0.4, -0.2) is 89.0 Å². The summed E-state index contributed by atoms with van der Waals surface area (Å²) in [5, 5.41) is 46.5. The van der Waals surface area contributed by atoms with E-state index in [0.717, 1.165) is 28.5 Å². The average molecular weight is 1200 g/mol. The molecule has 0 saturated heterocycles. The van der Waals surface area contributed by atoms with Crippen LogP contribution in [0.3, 0.4) is 0 Å². The third-order valence-electron chi connectivity index (χ3n) is 9.26. The van der Waals surface area contributed by atoms with Crippen LogP contribution in [0.5, 0.6) is 23.0 Å². The minimum Gasteiger partial charge on any atom is -0.462 e. The van der Waals surface area contributed by atoms with E-state index in [1.54, 1.807) is 48.5 Å². The van der Waals surface area contributed by atoms with E-state index < -0.39 is 101 Å². The van der Waals surface area contributed by atoms with Crippen molar-refractivity contribution in [3.05, 3.63) is 179 Å². The predicted molar refractivity (Wildman–Crippen MR) is 270 cm³/mol. The fourth-order valence-corrected chi connectivity index (χ4v) is 10.6. The minimum atomic E-state index is -2.11. The summed E-state index contributed by atoms with van der Waals surface area (Å²) in [6.45, 7) is -4.34. The van der Waals surface area contributed by atoms with Crippen LogP contribution >= 0.6 is 65.8 Å². The monoisotopic (exact) mass is 1200 g/mol. The lowest BCUT2D eigenvalue weighted by atomic mass is 9.87. The molecule has 0 atom stereocenters.